The number of imide groups is 1. The third-order valence-corrected chi connectivity index (χ3v) is 4.54. The van der Waals surface area contributed by atoms with Crippen molar-refractivity contribution in [3.8, 4) is 0 Å². The molecule has 3 rings (SSSR count). The highest BCUT2D eigenvalue weighted by Crippen LogP contribution is 2.26. The molecule has 0 saturated carbocycles. The molecular formula is C21H20N2O5. The molecule has 1 heterocycles. The van der Waals surface area contributed by atoms with E-state index in [9.17, 15) is 19.2 Å². The summed E-state index contributed by atoms with van der Waals surface area (Å²) in [6, 6.07) is 11.7. The van der Waals surface area contributed by atoms with Gasteiger partial charge >= 0.3 is 5.97 Å². The van der Waals surface area contributed by atoms with Crippen molar-refractivity contribution in [3.63, 3.8) is 0 Å². The summed E-state index contributed by atoms with van der Waals surface area (Å²) in [5.74, 6) is -1.97. The molecule has 0 bridgehead atoms. The van der Waals surface area contributed by atoms with Gasteiger partial charge in [0.1, 0.15) is 0 Å². The summed E-state index contributed by atoms with van der Waals surface area (Å²) in [5, 5.41) is 2.63. The topological polar surface area (TPSA) is 92.8 Å². The number of carbonyl (C=O) groups excluding carboxylic acids is 4. The highest BCUT2D eigenvalue weighted by molar-refractivity contribution is 6.22. The van der Waals surface area contributed by atoms with Gasteiger partial charge in [-0.3, -0.25) is 19.3 Å². The molecule has 1 N–H and O–H groups in total. The van der Waals surface area contributed by atoms with Gasteiger partial charge in [0, 0.05) is 11.6 Å². The minimum absolute atomic E-state index is 0.176. The molecule has 1 atom stereocenters. The van der Waals surface area contributed by atoms with Crippen LogP contribution in [0.4, 0.5) is 0 Å². The van der Waals surface area contributed by atoms with Gasteiger partial charge in [0.2, 0.25) is 0 Å². The second-order valence-electron chi connectivity index (χ2n) is 6.67. The van der Waals surface area contributed by atoms with Gasteiger partial charge < -0.3 is 10.1 Å². The van der Waals surface area contributed by atoms with E-state index in [-0.39, 0.29) is 28.6 Å². The van der Waals surface area contributed by atoms with Crippen LogP contribution in [0.3, 0.4) is 0 Å². The number of hydrogen-bond acceptors (Lipinski definition) is 5. The van der Waals surface area contributed by atoms with Crippen LogP contribution >= 0.6 is 0 Å². The van der Waals surface area contributed by atoms with Crippen LogP contribution < -0.4 is 5.32 Å². The maximum absolute atomic E-state index is 12.7. The predicted octanol–water partition coefficient (Wildman–Crippen LogP) is 2.34. The van der Waals surface area contributed by atoms with Crippen LogP contribution in [-0.2, 0) is 9.53 Å². The van der Waals surface area contributed by atoms with Crippen molar-refractivity contribution >= 4 is 23.7 Å². The van der Waals surface area contributed by atoms with Crippen molar-refractivity contribution in [3.05, 3.63) is 70.8 Å². The normalized spacial score (nSPS) is 14.1. The number of hydrogen-bond donors (Lipinski definition) is 1. The van der Waals surface area contributed by atoms with Crippen LogP contribution in [0, 0.1) is 0 Å². The van der Waals surface area contributed by atoms with Gasteiger partial charge in [0.05, 0.1) is 18.2 Å². The summed E-state index contributed by atoms with van der Waals surface area (Å²) >= 11 is 0. The van der Waals surface area contributed by atoms with Crippen molar-refractivity contribution in [1.82, 2.24) is 10.2 Å². The first-order valence-electron chi connectivity index (χ1n) is 8.80. The molecule has 1 unspecified atom stereocenters. The van der Waals surface area contributed by atoms with E-state index in [0.29, 0.717) is 5.56 Å². The lowest BCUT2D eigenvalue weighted by molar-refractivity contribution is -0.143. The number of methoxy groups -OCH3 is 1. The zero-order valence-corrected chi connectivity index (χ0v) is 15.8. The Morgan fingerprint density at radius 3 is 2.21 bits per heavy atom. The highest BCUT2D eigenvalue weighted by Gasteiger charge is 2.37. The van der Waals surface area contributed by atoms with Gasteiger partial charge in [-0.15, -0.1) is 0 Å². The monoisotopic (exact) mass is 380 g/mol. The number of rotatable bonds is 5. The summed E-state index contributed by atoms with van der Waals surface area (Å²) in [6.45, 7) is 3.49. The Hall–Kier alpha value is -3.48. The lowest BCUT2D eigenvalue weighted by Crippen LogP contribution is -2.36. The number of carbonyl (C=O) groups is 4. The number of benzene rings is 2. The van der Waals surface area contributed by atoms with Crippen molar-refractivity contribution in [2.75, 3.05) is 7.11 Å². The molecule has 0 saturated heterocycles. The van der Waals surface area contributed by atoms with Crippen LogP contribution in [0.5, 0.6) is 0 Å². The molecule has 3 amide bonds. The minimum atomic E-state index is -0.989. The molecule has 2 aromatic rings. The number of amides is 3. The number of nitrogens with one attached hydrogen (secondary N) is 1. The fourth-order valence-electron chi connectivity index (χ4n) is 3.13. The second-order valence-corrected chi connectivity index (χ2v) is 6.67. The van der Waals surface area contributed by atoms with Crippen LogP contribution in [0.15, 0.2) is 48.5 Å². The lowest BCUT2D eigenvalue weighted by Gasteiger charge is -2.17. The molecule has 28 heavy (non-hydrogen) atoms. The Labute approximate surface area is 162 Å². The largest absolute Gasteiger partial charge is 0.467 e. The first-order chi connectivity index (χ1) is 13.3. The van der Waals surface area contributed by atoms with E-state index in [1.54, 1.807) is 44.2 Å². The molecule has 1 aliphatic heterocycles. The van der Waals surface area contributed by atoms with Crippen molar-refractivity contribution in [2.24, 2.45) is 0 Å². The van der Waals surface area contributed by atoms with Crippen LogP contribution in [0.1, 0.15) is 56.5 Å². The number of fused-ring (bicyclic) bond motifs is 1. The maximum Gasteiger partial charge on any atom is 0.333 e. The smallest absolute Gasteiger partial charge is 0.333 e. The SMILES string of the molecule is COC(=O)C(NC(=O)c1ccc2c(c1)C(=O)N(C(C)C)C2=O)c1ccccc1. The van der Waals surface area contributed by atoms with Crippen molar-refractivity contribution in [1.29, 1.82) is 0 Å². The molecule has 1 aliphatic rings. The van der Waals surface area contributed by atoms with E-state index < -0.39 is 23.8 Å². The average Bonchev–Trinajstić information content (AvgIpc) is 2.96. The Bertz CT molecular complexity index is 953. The first-order valence-corrected chi connectivity index (χ1v) is 8.80. The zero-order valence-electron chi connectivity index (χ0n) is 15.8. The van der Waals surface area contributed by atoms with Crippen LogP contribution in [0.25, 0.3) is 0 Å². The second kappa shape index (κ2) is 7.64. The van der Waals surface area contributed by atoms with Gasteiger partial charge in [0.15, 0.2) is 6.04 Å². The maximum atomic E-state index is 12.7. The van der Waals surface area contributed by atoms with E-state index >= 15 is 0 Å². The fraction of sp³-hybridized carbons (Fsp3) is 0.238. The van der Waals surface area contributed by atoms with E-state index in [1.165, 1.54) is 25.3 Å². The Balaban J connectivity index is 1.89. The van der Waals surface area contributed by atoms with Gasteiger partial charge in [-0.05, 0) is 37.6 Å². The summed E-state index contributed by atoms with van der Waals surface area (Å²) in [5.41, 5.74) is 1.19. The van der Waals surface area contributed by atoms with Gasteiger partial charge in [-0.25, -0.2) is 4.79 Å². The fourth-order valence-corrected chi connectivity index (χ4v) is 3.13. The van der Waals surface area contributed by atoms with Gasteiger partial charge in [-0.2, -0.15) is 0 Å². The molecule has 7 nitrogen and oxygen atoms in total. The van der Waals surface area contributed by atoms with Crippen molar-refractivity contribution < 1.29 is 23.9 Å². The predicted molar refractivity (Wildman–Crippen MR) is 101 cm³/mol. The molecular weight excluding hydrogens is 360 g/mol. The molecule has 144 valence electrons. The van der Waals surface area contributed by atoms with Crippen LogP contribution in [-0.4, -0.2) is 41.7 Å². The van der Waals surface area contributed by atoms with Crippen molar-refractivity contribution in [2.45, 2.75) is 25.9 Å². The van der Waals surface area contributed by atoms with E-state index in [1.807, 2.05) is 0 Å². The zero-order chi connectivity index (χ0) is 20.4. The van der Waals surface area contributed by atoms with E-state index in [0.717, 1.165) is 4.90 Å². The molecule has 0 radical (unpaired) electrons. The molecule has 0 aliphatic carbocycles. The quantitative estimate of drug-likeness (QED) is 0.635. The highest BCUT2D eigenvalue weighted by atomic mass is 16.5. The standard InChI is InChI=1S/C21H20N2O5/c1-12(2)23-19(25)15-10-9-14(11-16(15)20(23)26)18(24)22-17(21(27)28-3)13-7-5-4-6-8-13/h4-12,17H,1-3H3,(H,22,24). The number of nitrogens with zero attached hydrogens (tertiary/aromatic N) is 1. The Morgan fingerprint density at radius 2 is 1.61 bits per heavy atom. The lowest BCUT2D eigenvalue weighted by atomic mass is 10.0. The molecule has 0 aromatic heterocycles. The molecule has 0 spiro atoms. The molecule has 2 aromatic carbocycles. The van der Waals surface area contributed by atoms with E-state index in [2.05, 4.69) is 5.32 Å². The third kappa shape index (κ3) is 3.38. The summed E-state index contributed by atoms with van der Waals surface area (Å²) < 4.78 is 4.79. The molecule has 0 fully saturated rings. The minimum Gasteiger partial charge on any atom is -0.467 e. The van der Waals surface area contributed by atoms with Crippen LogP contribution in [0.2, 0.25) is 0 Å². The van der Waals surface area contributed by atoms with E-state index in [4.69, 9.17) is 4.74 Å². The summed E-state index contributed by atoms with van der Waals surface area (Å²) in [7, 11) is 1.24. The number of esters is 1. The average molecular weight is 380 g/mol. The Kier molecular flexibility index (Phi) is 5.26. The Morgan fingerprint density at radius 1 is 0.964 bits per heavy atom. The van der Waals surface area contributed by atoms with Gasteiger partial charge in [0.25, 0.3) is 17.7 Å². The summed E-state index contributed by atoms with van der Waals surface area (Å²) in [4.78, 5) is 50.9. The third-order valence-electron chi connectivity index (χ3n) is 4.54. The molecule has 7 heteroatoms. The number of ether oxygens (including phenoxy) is 1. The van der Waals surface area contributed by atoms with Gasteiger partial charge in [-0.1, -0.05) is 30.3 Å². The summed E-state index contributed by atoms with van der Waals surface area (Å²) in [6.07, 6.45) is 0. The first kappa shape index (κ1) is 19.3.